The summed E-state index contributed by atoms with van der Waals surface area (Å²) in [7, 11) is 0. The van der Waals surface area contributed by atoms with Crippen molar-refractivity contribution in [3.63, 3.8) is 0 Å². The highest BCUT2D eigenvalue weighted by Gasteiger charge is 2.13. The van der Waals surface area contributed by atoms with E-state index in [-0.39, 0.29) is 18.0 Å². The Bertz CT molecular complexity index is 661. The SMILES string of the molecule is CCCNC(=O)Cn1c(C)nc2ccc(C(=O)O)cc21. The number of carboxylic acids is 1. The zero-order valence-corrected chi connectivity index (χ0v) is 11.5. The van der Waals surface area contributed by atoms with E-state index in [2.05, 4.69) is 10.3 Å². The molecule has 106 valence electrons. The Labute approximate surface area is 116 Å². The van der Waals surface area contributed by atoms with Crippen molar-refractivity contribution in [2.45, 2.75) is 26.8 Å². The van der Waals surface area contributed by atoms with Crippen LogP contribution < -0.4 is 5.32 Å². The van der Waals surface area contributed by atoms with Crippen molar-refractivity contribution in [2.24, 2.45) is 0 Å². The van der Waals surface area contributed by atoms with Crippen LogP contribution in [0.2, 0.25) is 0 Å². The van der Waals surface area contributed by atoms with Gasteiger partial charge in [0.2, 0.25) is 5.91 Å². The fourth-order valence-electron chi connectivity index (χ4n) is 2.04. The van der Waals surface area contributed by atoms with Gasteiger partial charge in [0.1, 0.15) is 12.4 Å². The Kier molecular flexibility index (Phi) is 4.02. The highest BCUT2D eigenvalue weighted by atomic mass is 16.4. The maximum absolute atomic E-state index is 11.8. The molecule has 1 heterocycles. The summed E-state index contributed by atoms with van der Waals surface area (Å²) in [6, 6.07) is 4.72. The zero-order valence-electron chi connectivity index (χ0n) is 11.5. The lowest BCUT2D eigenvalue weighted by molar-refractivity contribution is -0.121. The summed E-state index contributed by atoms with van der Waals surface area (Å²) in [5.74, 6) is -0.406. The standard InChI is InChI=1S/C14H17N3O3/c1-3-6-15-13(18)8-17-9(2)16-11-5-4-10(14(19)20)7-12(11)17/h4-5,7H,3,6,8H2,1-2H3,(H,15,18)(H,19,20). The van der Waals surface area contributed by atoms with Gasteiger partial charge in [-0.2, -0.15) is 0 Å². The number of nitrogens with one attached hydrogen (secondary N) is 1. The van der Waals surface area contributed by atoms with Gasteiger partial charge in [-0.25, -0.2) is 9.78 Å². The number of rotatable bonds is 5. The average Bonchev–Trinajstić information content (AvgIpc) is 2.72. The summed E-state index contributed by atoms with van der Waals surface area (Å²) < 4.78 is 1.73. The van der Waals surface area contributed by atoms with E-state index >= 15 is 0 Å². The first-order chi connectivity index (χ1) is 9.52. The van der Waals surface area contributed by atoms with Gasteiger partial charge in [-0.15, -0.1) is 0 Å². The number of carbonyl (C=O) groups excluding carboxylic acids is 1. The van der Waals surface area contributed by atoms with E-state index in [9.17, 15) is 9.59 Å². The van der Waals surface area contributed by atoms with Gasteiger partial charge < -0.3 is 15.0 Å². The van der Waals surface area contributed by atoms with E-state index in [1.54, 1.807) is 23.6 Å². The van der Waals surface area contributed by atoms with Crippen molar-refractivity contribution in [3.8, 4) is 0 Å². The zero-order chi connectivity index (χ0) is 14.7. The fourth-order valence-corrected chi connectivity index (χ4v) is 2.04. The van der Waals surface area contributed by atoms with Crippen molar-refractivity contribution >= 4 is 22.9 Å². The number of fused-ring (bicyclic) bond motifs is 1. The minimum absolute atomic E-state index is 0.102. The largest absolute Gasteiger partial charge is 0.478 e. The van der Waals surface area contributed by atoms with Crippen molar-refractivity contribution in [1.29, 1.82) is 0 Å². The van der Waals surface area contributed by atoms with Crippen molar-refractivity contribution in [2.75, 3.05) is 6.54 Å². The predicted octanol–water partition coefficient (Wildman–Crippen LogP) is 1.57. The van der Waals surface area contributed by atoms with E-state index in [0.717, 1.165) is 6.42 Å². The van der Waals surface area contributed by atoms with Crippen LogP contribution in [0.15, 0.2) is 18.2 Å². The van der Waals surface area contributed by atoms with Gasteiger partial charge in [-0.1, -0.05) is 6.92 Å². The second-order valence-electron chi connectivity index (χ2n) is 4.60. The smallest absolute Gasteiger partial charge is 0.335 e. The van der Waals surface area contributed by atoms with E-state index in [0.29, 0.717) is 23.4 Å². The van der Waals surface area contributed by atoms with Crippen molar-refractivity contribution in [1.82, 2.24) is 14.9 Å². The number of amides is 1. The van der Waals surface area contributed by atoms with Gasteiger partial charge in [0.05, 0.1) is 16.6 Å². The molecule has 0 atom stereocenters. The molecule has 6 nitrogen and oxygen atoms in total. The molecule has 2 rings (SSSR count). The number of carboxylic acid groups (broad SMARTS) is 1. The molecule has 0 saturated carbocycles. The van der Waals surface area contributed by atoms with Gasteiger partial charge in [0, 0.05) is 6.54 Å². The normalized spacial score (nSPS) is 10.7. The summed E-state index contributed by atoms with van der Waals surface area (Å²) in [6.07, 6.45) is 0.874. The van der Waals surface area contributed by atoms with Crippen LogP contribution in [-0.4, -0.2) is 33.1 Å². The molecule has 1 aromatic heterocycles. The highest BCUT2D eigenvalue weighted by Crippen LogP contribution is 2.17. The topological polar surface area (TPSA) is 84.2 Å². The van der Waals surface area contributed by atoms with Gasteiger partial charge in [-0.05, 0) is 31.5 Å². The second kappa shape index (κ2) is 5.73. The molecular weight excluding hydrogens is 258 g/mol. The van der Waals surface area contributed by atoms with E-state index in [1.807, 2.05) is 6.92 Å². The number of aromatic nitrogens is 2. The van der Waals surface area contributed by atoms with Crippen LogP contribution in [0.1, 0.15) is 29.5 Å². The Hall–Kier alpha value is -2.37. The van der Waals surface area contributed by atoms with Crippen LogP contribution in [0.3, 0.4) is 0 Å². The molecule has 6 heteroatoms. The molecule has 0 aliphatic heterocycles. The number of benzene rings is 1. The molecular formula is C14H17N3O3. The van der Waals surface area contributed by atoms with Crippen LogP contribution in [0.25, 0.3) is 11.0 Å². The number of nitrogens with zero attached hydrogens (tertiary/aromatic N) is 2. The Morgan fingerprint density at radius 2 is 2.15 bits per heavy atom. The van der Waals surface area contributed by atoms with Crippen molar-refractivity contribution < 1.29 is 14.7 Å². The molecule has 0 bridgehead atoms. The number of aromatic carboxylic acids is 1. The summed E-state index contributed by atoms with van der Waals surface area (Å²) in [6.45, 7) is 4.56. The maximum atomic E-state index is 11.8. The molecule has 0 aliphatic carbocycles. The summed E-state index contributed by atoms with van der Waals surface area (Å²) >= 11 is 0. The second-order valence-corrected chi connectivity index (χ2v) is 4.60. The van der Waals surface area contributed by atoms with Crippen molar-refractivity contribution in [3.05, 3.63) is 29.6 Å². The van der Waals surface area contributed by atoms with Gasteiger partial charge in [0.25, 0.3) is 0 Å². The monoisotopic (exact) mass is 275 g/mol. The molecule has 0 radical (unpaired) electrons. The van der Waals surface area contributed by atoms with E-state index in [1.165, 1.54) is 6.07 Å². The minimum atomic E-state index is -0.993. The van der Waals surface area contributed by atoms with Gasteiger partial charge in [0.15, 0.2) is 0 Å². The van der Waals surface area contributed by atoms with Gasteiger partial charge >= 0.3 is 5.97 Å². The van der Waals surface area contributed by atoms with Crippen LogP contribution in [0.5, 0.6) is 0 Å². The number of hydrogen-bond acceptors (Lipinski definition) is 3. The Balaban J connectivity index is 2.36. The third-order valence-electron chi connectivity index (χ3n) is 3.06. The van der Waals surface area contributed by atoms with E-state index < -0.39 is 5.97 Å². The third kappa shape index (κ3) is 2.79. The molecule has 1 amide bonds. The molecule has 0 saturated heterocycles. The average molecular weight is 275 g/mol. The molecule has 1 aromatic carbocycles. The van der Waals surface area contributed by atoms with Crippen LogP contribution >= 0.6 is 0 Å². The first-order valence-electron chi connectivity index (χ1n) is 6.49. The number of hydrogen-bond donors (Lipinski definition) is 2. The highest BCUT2D eigenvalue weighted by molar-refractivity contribution is 5.93. The summed E-state index contributed by atoms with van der Waals surface area (Å²) in [5, 5.41) is 11.8. The lowest BCUT2D eigenvalue weighted by atomic mass is 10.2. The Morgan fingerprint density at radius 3 is 2.80 bits per heavy atom. The fraction of sp³-hybridized carbons (Fsp3) is 0.357. The molecule has 0 fully saturated rings. The number of aryl methyl sites for hydroxylation is 1. The Morgan fingerprint density at radius 1 is 1.40 bits per heavy atom. The first kappa shape index (κ1) is 14.0. The quantitative estimate of drug-likeness (QED) is 0.867. The van der Waals surface area contributed by atoms with Crippen LogP contribution in [0.4, 0.5) is 0 Å². The number of imidazole rings is 1. The molecule has 0 unspecified atom stereocenters. The summed E-state index contributed by atoms with van der Waals surface area (Å²) in [5.41, 5.74) is 1.54. The van der Waals surface area contributed by atoms with Crippen LogP contribution in [0, 0.1) is 6.92 Å². The van der Waals surface area contributed by atoms with Gasteiger partial charge in [-0.3, -0.25) is 4.79 Å². The number of carbonyl (C=O) groups is 2. The first-order valence-corrected chi connectivity index (χ1v) is 6.49. The lowest BCUT2D eigenvalue weighted by Gasteiger charge is -2.07. The molecule has 2 aromatic rings. The maximum Gasteiger partial charge on any atom is 0.335 e. The molecule has 2 N–H and O–H groups in total. The summed E-state index contributed by atoms with van der Waals surface area (Å²) in [4.78, 5) is 27.2. The molecule has 20 heavy (non-hydrogen) atoms. The van der Waals surface area contributed by atoms with E-state index in [4.69, 9.17) is 5.11 Å². The predicted molar refractivity (Wildman–Crippen MR) is 74.7 cm³/mol. The minimum Gasteiger partial charge on any atom is -0.478 e. The van der Waals surface area contributed by atoms with Crippen LogP contribution in [-0.2, 0) is 11.3 Å². The molecule has 0 aliphatic rings. The molecule has 0 spiro atoms. The third-order valence-corrected chi connectivity index (χ3v) is 3.06. The lowest BCUT2D eigenvalue weighted by Crippen LogP contribution is -2.28.